The molecule has 1 heteroatoms. The van der Waals surface area contributed by atoms with Crippen LogP contribution in [0.2, 0.25) is 0 Å². The largest absolute Gasteiger partial charge is 0.246 e. The topological polar surface area (TPSA) is 0 Å². The summed E-state index contributed by atoms with van der Waals surface area (Å²) in [7, 11) is 0. The van der Waals surface area contributed by atoms with E-state index < -0.39 is 6.67 Å². The molecule has 0 spiro atoms. The number of allylic oxidation sites excluding steroid dienone is 5. The summed E-state index contributed by atoms with van der Waals surface area (Å²) in [6.07, 6.45) is 6.28. The molecule has 0 nitrogen and oxygen atoms in total. The van der Waals surface area contributed by atoms with Crippen molar-refractivity contribution in [3.63, 3.8) is 0 Å². The Labute approximate surface area is 68.1 Å². The van der Waals surface area contributed by atoms with Crippen molar-refractivity contribution in [2.24, 2.45) is 0 Å². The van der Waals surface area contributed by atoms with E-state index in [9.17, 15) is 4.39 Å². The molecular weight excluding hydrogens is 139 g/mol. The third kappa shape index (κ3) is 3.76. The predicted molar refractivity (Wildman–Crippen MR) is 48.3 cm³/mol. The van der Waals surface area contributed by atoms with Crippen LogP contribution in [0.5, 0.6) is 0 Å². The molecular formula is C10H15F. The summed E-state index contributed by atoms with van der Waals surface area (Å²) < 4.78 is 12.1. The van der Waals surface area contributed by atoms with E-state index in [0.717, 1.165) is 17.6 Å². The summed E-state index contributed by atoms with van der Waals surface area (Å²) in [6.45, 7) is 7.10. The summed E-state index contributed by atoms with van der Waals surface area (Å²) in [5.41, 5.74) is 1.80. The van der Waals surface area contributed by atoms with Crippen LogP contribution >= 0.6 is 0 Å². The monoisotopic (exact) mass is 154 g/mol. The molecule has 0 atom stereocenters. The minimum atomic E-state index is -0.395. The third-order valence-electron chi connectivity index (χ3n) is 1.57. The van der Waals surface area contributed by atoms with Crippen LogP contribution in [0.4, 0.5) is 4.39 Å². The Morgan fingerprint density at radius 3 is 2.36 bits per heavy atom. The van der Waals surface area contributed by atoms with Gasteiger partial charge in [0.05, 0.1) is 0 Å². The normalized spacial score (nSPS) is 13.4. The van der Waals surface area contributed by atoms with E-state index in [4.69, 9.17) is 0 Å². The second-order valence-electron chi connectivity index (χ2n) is 2.27. The molecule has 0 bridgehead atoms. The van der Waals surface area contributed by atoms with Crippen molar-refractivity contribution in [2.75, 3.05) is 6.67 Å². The molecule has 62 valence electrons. The van der Waals surface area contributed by atoms with Gasteiger partial charge in [-0.15, -0.1) is 0 Å². The van der Waals surface area contributed by atoms with Gasteiger partial charge in [0.2, 0.25) is 0 Å². The van der Waals surface area contributed by atoms with E-state index in [0.29, 0.717) is 0 Å². The Balaban J connectivity index is 4.35. The van der Waals surface area contributed by atoms with Crippen molar-refractivity contribution < 1.29 is 4.39 Å². The van der Waals surface area contributed by atoms with E-state index >= 15 is 0 Å². The lowest BCUT2D eigenvalue weighted by molar-refractivity contribution is 0.549. The summed E-state index contributed by atoms with van der Waals surface area (Å²) in [5.74, 6) is 0. The van der Waals surface area contributed by atoms with Crippen molar-refractivity contribution in [1.29, 1.82) is 0 Å². The number of rotatable bonds is 4. The standard InChI is InChI=1S/C10H15F/c1-4-9(5-2)7-10(6-3)8-11/h4,6-7H,1,5,8H2,2-3H3/b9-7+,10-6+. The van der Waals surface area contributed by atoms with Crippen LogP contribution in [0, 0.1) is 0 Å². The first-order chi connectivity index (χ1) is 5.28. The lowest BCUT2D eigenvalue weighted by atomic mass is 10.1. The fourth-order valence-corrected chi connectivity index (χ4v) is 0.743. The highest BCUT2D eigenvalue weighted by Crippen LogP contribution is 2.07. The minimum absolute atomic E-state index is 0.395. The molecule has 0 aromatic heterocycles. The van der Waals surface area contributed by atoms with Crippen LogP contribution in [0.15, 0.2) is 36.0 Å². The Kier molecular flexibility index (Phi) is 5.44. The van der Waals surface area contributed by atoms with Crippen LogP contribution in [-0.4, -0.2) is 6.67 Å². The van der Waals surface area contributed by atoms with E-state index in [1.165, 1.54) is 0 Å². The summed E-state index contributed by atoms with van der Waals surface area (Å²) >= 11 is 0. The smallest absolute Gasteiger partial charge is 0.114 e. The number of hydrogen-bond acceptors (Lipinski definition) is 0. The molecule has 0 rings (SSSR count). The van der Waals surface area contributed by atoms with Gasteiger partial charge in [0.25, 0.3) is 0 Å². The third-order valence-corrected chi connectivity index (χ3v) is 1.57. The van der Waals surface area contributed by atoms with E-state index in [1.807, 2.05) is 19.9 Å². The Morgan fingerprint density at radius 2 is 2.09 bits per heavy atom. The van der Waals surface area contributed by atoms with Gasteiger partial charge < -0.3 is 0 Å². The molecule has 0 heterocycles. The van der Waals surface area contributed by atoms with E-state index in [1.54, 1.807) is 12.2 Å². The average molecular weight is 154 g/mol. The van der Waals surface area contributed by atoms with Crippen LogP contribution in [0.3, 0.4) is 0 Å². The van der Waals surface area contributed by atoms with Gasteiger partial charge in [0.15, 0.2) is 0 Å². The molecule has 0 aliphatic heterocycles. The number of halogens is 1. The van der Waals surface area contributed by atoms with Crippen molar-refractivity contribution >= 4 is 0 Å². The predicted octanol–water partition coefficient (Wildman–Crippen LogP) is 3.42. The van der Waals surface area contributed by atoms with Gasteiger partial charge in [-0.25, -0.2) is 4.39 Å². The van der Waals surface area contributed by atoms with Crippen molar-refractivity contribution in [1.82, 2.24) is 0 Å². The highest BCUT2D eigenvalue weighted by atomic mass is 19.1. The molecule has 0 saturated carbocycles. The summed E-state index contributed by atoms with van der Waals surface area (Å²) in [6, 6.07) is 0. The molecule has 0 radical (unpaired) electrons. The van der Waals surface area contributed by atoms with Gasteiger partial charge in [0.1, 0.15) is 6.67 Å². The Bertz CT molecular complexity index is 175. The highest BCUT2D eigenvalue weighted by Gasteiger charge is 1.91. The lowest BCUT2D eigenvalue weighted by Crippen LogP contribution is -1.82. The van der Waals surface area contributed by atoms with Crippen LogP contribution in [0.25, 0.3) is 0 Å². The fourth-order valence-electron chi connectivity index (χ4n) is 0.743. The average Bonchev–Trinajstić information content (AvgIpc) is 2.07. The lowest BCUT2D eigenvalue weighted by Gasteiger charge is -1.97. The number of alkyl halides is 1. The Morgan fingerprint density at radius 1 is 1.45 bits per heavy atom. The van der Waals surface area contributed by atoms with Gasteiger partial charge in [0, 0.05) is 0 Å². The fraction of sp³-hybridized carbons (Fsp3) is 0.400. The molecule has 0 unspecified atom stereocenters. The maximum atomic E-state index is 12.1. The van der Waals surface area contributed by atoms with Crippen LogP contribution < -0.4 is 0 Å². The molecule has 0 fully saturated rings. The first-order valence-electron chi connectivity index (χ1n) is 3.82. The SMILES string of the molecule is C=C/C(=C\C(=C/C)CF)CC. The van der Waals surface area contributed by atoms with Crippen molar-refractivity contribution in [3.8, 4) is 0 Å². The zero-order valence-corrected chi connectivity index (χ0v) is 7.23. The Hall–Kier alpha value is -0.850. The maximum absolute atomic E-state index is 12.1. The second kappa shape index (κ2) is 5.90. The van der Waals surface area contributed by atoms with Crippen LogP contribution in [-0.2, 0) is 0 Å². The summed E-state index contributed by atoms with van der Waals surface area (Å²) in [5, 5.41) is 0. The van der Waals surface area contributed by atoms with Gasteiger partial charge in [-0.05, 0) is 24.5 Å². The van der Waals surface area contributed by atoms with E-state index in [-0.39, 0.29) is 0 Å². The number of hydrogen-bond donors (Lipinski definition) is 0. The second-order valence-corrected chi connectivity index (χ2v) is 2.27. The van der Waals surface area contributed by atoms with Gasteiger partial charge in [-0.2, -0.15) is 0 Å². The van der Waals surface area contributed by atoms with Gasteiger partial charge in [-0.3, -0.25) is 0 Å². The quantitative estimate of drug-likeness (QED) is 0.544. The molecule has 0 aromatic rings. The zero-order valence-electron chi connectivity index (χ0n) is 7.23. The molecule has 0 amide bonds. The van der Waals surface area contributed by atoms with Gasteiger partial charge >= 0.3 is 0 Å². The van der Waals surface area contributed by atoms with Gasteiger partial charge in [-0.1, -0.05) is 31.7 Å². The zero-order chi connectivity index (χ0) is 8.69. The van der Waals surface area contributed by atoms with E-state index in [2.05, 4.69) is 6.58 Å². The highest BCUT2D eigenvalue weighted by molar-refractivity contribution is 5.28. The first-order valence-corrected chi connectivity index (χ1v) is 3.82. The molecule has 0 aromatic carbocycles. The van der Waals surface area contributed by atoms with Crippen molar-refractivity contribution in [3.05, 3.63) is 36.0 Å². The maximum Gasteiger partial charge on any atom is 0.114 e. The molecule has 11 heavy (non-hydrogen) atoms. The molecule has 0 N–H and O–H groups in total. The molecule has 0 aliphatic rings. The molecule has 0 aliphatic carbocycles. The summed E-state index contributed by atoms with van der Waals surface area (Å²) in [4.78, 5) is 0. The minimum Gasteiger partial charge on any atom is -0.246 e. The van der Waals surface area contributed by atoms with Crippen LogP contribution in [0.1, 0.15) is 20.3 Å². The van der Waals surface area contributed by atoms with Crippen molar-refractivity contribution in [2.45, 2.75) is 20.3 Å². The first kappa shape index (κ1) is 10.2. The molecule has 0 saturated heterocycles.